The monoisotopic (exact) mass is 685 g/mol. The number of benzene rings is 4. The number of amides is 2. The van der Waals surface area contributed by atoms with Gasteiger partial charge in [-0.05, 0) is 78.2 Å². The summed E-state index contributed by atoms with van der Waals surface area (Å²) in [7, 11) is -2.91. The Bertz CT molecular complexity index is 1740. The predicted octanol–water partition coefficient (Wildman–Crippen LogP) is 6.50. The van der Waals surface area contributed by atoms with Crippen LogP contribution in [0.4, 0.5) is 10.1 Å². The van der Waals surface area contributed by atoms with Gasteiger partial charge in [-0.15, -0.1) is 0 Å². The van der Waals surface area contributed by atoms with Crippen LogP contribution in [-0.2, 0) is 32.6 Å². The molecule has 4 aromatic rings. The van der Waals surface area contributed by atoms with E-state index in [1.807, 2.05) is 37.3 Å². The van der Waals surface area contributed by atoms with Gasteiger partial charge in [0.1, 0.15) is 24.2 Å². The molecule has 0 radical (unpaired) electrons. The van der Waals surface area contributed by atoms with Crippen molar-refractivity contribution in [2.24, 2.45) is 0 Å². The standard InChI is InChI=1S/C34H34Cl2FN3O5S/c1-3-19-38-34(42)32(20-24-7-5-4-6-8-24)39(22-25-9-10-26(35)21-31(25)36)33(41)23-40(28-13-11-27(37)12-14-28)46(43,44)30-17-15-29(45-2)16-18-30/h4-18,21,32H,3,19-20,22-23H2,1-2H3,(H,38,42). The summed E-state index contributed by atoms with van der Waals surface area (Å²) in [6, 6.07) is 23.4. The Morgan fingerprint density at radius 3 is 2.22 bits per heavy atom. The maximum absolute atomic E-state index is 14.4. The van der Waals surface area contributed by atoms with E-state index in [1.165, 1.54) is 54.5 Å². The van der Waals surface area contributed by atoms with Crippen molar-refractivity contribution in [3.63, 3.8) is 0 Å². The largest absolute Gasteiger partial charge is 0.497 e. The predicted molar refractivity (Wildman–Crippen MR) is 178 cm³/mol. The van der Waals surface area contributed by atoms with Crippen LogP contribution in [0.2, 0.25) is 10.0 Å². The van der Waals surface area contributed by atoms with Crippen LogP contribution in [0, 0.1) is 5.82 Å². The lowest BCUT2D eigenvalue weighted by Crippen LogP contribution is -2.53. The number of hydrogen-bond donors (Lipinski definition) is 1. The van der Waals surface area contributed by atoms with Crippen LogP contribution in [0.1, 0.15) is 24.5 Å². The van der Waals surface area contributed by atoms with Crippen molar-refractivity contribution in [3.05, 3.63) is 124 Å². The molecule has 2 amide bonds. The van der Waals surface area contributed by atoms with E-state index in [-0.39, 0.29) is 28.6 Å². The van der Waals surface area contributed by atoms with E-state index in [4.69, 9.17) is 27.9 Å². The van der Waals surface area contributed by atoms with Crippen LogP contribution in [0.15, 0.2) is 102 Å². The van der Waals surface area contributed by atoms with Gasteiger partial charge in [-0.2, -0.15) is 0 Å². The molecule has 4 rings (SSSR count). The highest BCUT2D eigenvalue weighted by molar-refractivity contribution is 7.92. The van der Waals surface area contributed by atoms with Gasteiger partial charge in [-0.25, -0.2) is 12.8 Å². The van der Waals surface area contributed by atoms with Gasteiger partial charge in [-0.1, -0.05) is 66.5 Å². The molecule has 4 aromatic carbocycles. The molecule has 0 saturated carbocycles. The second kappa shape index (κ2) is 15.9. The average molecular weight is 687 g/mol. The summed E-state index contributed by atoms with van der Waals surface area (Å²) < 4.78 is 48.1. The van der Waals surface area contributed by atoms with Crippen LogP contribution < -0.4 is 14.4 Å². The lowest BCUT2D eigenvalue weighted by molar-refractivity contribution is -0.140. The molecule has 0 fully saturated rings. The number of halogens is 3. The molecule has 1 atom stereocenters. The Balaban J connectivity index is 1.81. The maximum atomic E-state index is 14.4. The van der Waals surface area contributed by atoms with E-state index >= 15 is 0 Å². The van der Waals surface area contributed by atoms with Crippen molar-refractivity contribution in [3.8, 4) is 5.75 Å². The number of carbonyl (C=O) groups is 2. The normalized spacial score (nSPS) is 11.8. The Hall–Kier alpha value is -4.12. The highest BCUT2D eigenvalue weighted by Crippen LogP contribution is 2.28. The molecule has 0 heterocycles. The van der Waals surface area contributed by atoms with Crippen molar-refractivity contribution < 1.29 is 27.1 Å². The summed E-state index contributed by atoms with van der Waals surface area (Å²) in [5.41, 5.74) is 1.36. The molecule has 0 aromatic heterocycles. The van der Waals surface area contributed by atoms with E-state index in [2.05, 4.69) is 5.32 Å². The lowest BCUT2D eigenvalue weighted by atomic mass is 10.0. The Kier molecular flexibility index (Phi) is 12.0. The molecule has 12 heteroatoms. The molecule has 46 heavy (non-hydrogen) atoms. The van der Waals surface area contributed by atoms with Crippen LogP contribution in [0.25, 0.3) is 0 Å². The Morgan fingerprint density at radius 1 is 0.935 bits per heavy atom. The number of hydrogen-bond acceptors (Lipinski definition) is 5. The second-order valence-electron chi connectivity index (χ2n) is 10.4. The van der Waals surface area contributed by atoms with Gasteiger partial charge in [0.25, 0.3) is 10.0 Å². The molecule has 0 aliphatic carbocycles. The van der Waals surface area contributed by atoms with Gasteiger partial charge in [0.05, 0.1) is 17.7 Å². The molecule has 8 nitrogen and oxygen atoms in total. The molecule has 0 bridgehead atoms. The molecule has 0 spiro atoms. The van der Waals surface area contributed by atoms with E-state index < -0.39 is 40.2 Å². The molecule has 242 valence electrons. The summed E-state index contributed by atoms with van der Waals surface area (Å²) >= 11 is 12.7. The first-order chi connectivity index (χ1) is 22.0. The quantitative estimate of drug-likeness (QED) is 0.163. The molecular weight excluding hydrogens is 652 g/mol. The first-order valence-electron chi connectivity index (χ1n) is 14.5. The summed E-state index contributed by atoms with van der Waals surface area (Å²) in [6.45, 7) is 1.47. The van der Waals surface area contributed by atoms with Gasteiger partial charge in [0.2, 0.25) is 11.8 Å². The number of carbonyl (C=O) groups excluding carboxylic acids is 2. The van der Waals surface area contributed by atoms with Gasteiger partial charge in [0.15, 0.2) is 0 Å². The first kappa shape index (κ1) is 34.7. The number of anilines is 1. The molecule has 0 aliphatic heterocycles. The number of nitrogens with one attached hydrogen (secondary N) is 1. The minimum absolute atomic E-state index is 0.0603. The van der Waals surface area contributed by atoms with Crippen molar-refractivity contribution in [1.82, 2.24) is 10.2 Å². The molecule has 1 N–H and O–H groups in total. The highest BCUT2D eigenvalue weighted by Gasteiger charge is 2.35. The van der Waals surface area contributed by atoms with Gasteiger partial charge in [-0.3, -0.25) is 13.9 Å². The van der Waals surface area contributed by atoms with Crippen molar-refractivity contribution in [2.45, 2.75) is 37.2 Å². The second-order valence-corrected chi connectivity index (χ2v) is 13.1. The number of nitrogens with zero attached hydrogens (tertiary/aromatic N) is 2. The summed E-state index contributed by atoms with van der Waals surface area (Å²) in [5, 5.41) is 3.55. The molecular formula is C34H34Cl2FN3O5S. The topological polar surface area (TPSA) is 96.0 Å². The Labute approximate surface area is 278 Å². The fraction of sp³-hybridized carbons (Fsp3) is 0.235. The summed E-state index contributed by atoms with van der Waals surface area (Å²) in [5.74, 6) is -1.22. The SMILES string of the molecule is CCCNC(=O)C(Cc1ccccc1)N(Cc1ccc(Cl)cc1Cl)C(=O)CN(c1ccc(F)cc1)S(=O)(=O)c1ccc(OC)cc1. The fourth-order valence-electron chi connectivity index (χ4n) is 4.76. The van der Waals surface area contributed by atoms with Crippen LogP contribution in [0.3, 0.4) is 0 Å². The smallest absolute Gasteiger partial charge is 0.264 e. The highest BCUT2D eigenvalue weighted by atomic mass is 35.5. The maximum Gasteiger partial charge on any atom is 0.264 e. The lowest BCUT2D eigenvalue weighted by Gasteiger charge is -2.34. The first-order valence-corrected chi connectivity index (χ1v) is 16.7. The third kappa shape index (κ3) is 8.78. The van der Waals surface area contributed by atoms with Crippen molar-refractivity contribution in [1.29, 1.82) is 0 Å². The number of methoxy groups -OCH3 is 1. The van der Waals surface area contributed by atoms with Gasteiger partial charge < -0.3 is 15.0 Å². The van der Waals surface area contributed by atoms with E-state index in [0.717, 1.165) is 22.0 Å². The molecule has 0 saturated heterocycles. The van der Waals surface area contributed by atoms with Gasteiger partial charge in [0, 0.05) is 29.6 Å². The third-order valence-electron chi connectivity index (χ3n) is 7.22. The molecule has 0 aliphatic rings. The van der Waals surface area contributed by atoms with Crippen LogP contribution in [-0.4, -0.2) is 51.4 Å². The summed E-state index contributed by atoms with van der Waals surface area (Å²) in [6.07, 6.45) is 0.814. The average Bonchev–Trinajstić information content (AvgIpc) is 3.05. The van der Waals surface area contributed by atoms with Crippen LogP contribution >= 0.6 is 23.2 Å². The third-order valence-corrected chi connectivity index (χ3v) is 9.59. The zero-order valence-corrected chi connectivity index (χ0v) is 27.7. The molecule has 1 unspecified atom stereocenters. The minimum atomic E-state index is -4.36. The van der Waals surface area contributed by atoms with Crippen molar-refractivity contribution >= 4 is 50.7 Å². The number of rotatable bonds is 14. The van der Waals surface area contributed by atoms with Gasteiger partial charge >= 0.3 is 0 Å². The fourth-order valence-corrected chi connectivity index (χ4v) is 6.65. The summed E-state index contributed by atoms with van der Waals surface area (Å²) in [4.78, 5) is 29.4. The van der Waals surface area contributed by atoms with Crippen molar-refractivity contribution in [2.75, 3.05) is 24.5 Å². The Morgan fingerprint density at radius 2 is 1.61 bits per heavy atom. The van der Waals surface area contributed by atoms with E-state index in [9.17, 15) is 22.4 Å². The minimum Gasteiger partial charge on any atom is -0.497 e. The van der Waals surface area contributed by atoms with E-state index in [1.54, 1.807) is 12.1 Å². The number of sulfonamides is 1. The number of ether oxygens (including phenoxy) is 1. The zero-order chi connectivity index (χ0) is 33.3. The van der Waals surface area contributed by atoms with E-state index in [0.29, 0.717) is 29.3 Å². The van der Waals surface area contributed by atoms with Crippen LogP contribution in [0.5, 0.6) is 5.75 Å². The zero-order valence-electron chi connectivity index (χ0n) is 25.3.